The van der Waals surface area contributed by atoms with Gasteiger partial charge in [-0.2, -0.15) is 0 Å². The molecule has 0 saturated heterocycles. The van der Waals surface area contributed by atoms with Crippen LogP contribution in [0.3, 0.4) is 0 Å². The van der Waals surface area contributed by atoms with Crippen molar-refractivity contribution < 1.29 is 15.0 Å². The van der Waals surface area contributed by atoms with Gasteiger partial charge >= 0.3 is 0 Å². The molecule has 2 rings (SSSR count). The van der Waals surface area contributed by atoms with Crippen LogP contribution >= 0.6 is 11.6 Å². The van der Waals surface area contributed by atoms with Crippen LogP contribution in [0.5, 0.6) is 0 Å². The van der Waals surface area contributed by atoms with E-state index in [1.165, 1.54) is 4.90 Å². The Morgan fingerprint density at radius 2 is 1.59 bits per heavy atom. The van der Waals surface area contributed by atoms with Crippen molar-refractivity contribution in [1.29, 1.82) is 0 Å². The van der Waals surface area contributed by atoms with Crippen LogP contribution in [-0.4, -0.2) is 47.3 Å². The van der Waals surface area contributed by atoms with Crippen molar-refractivity contribution in [3.05, 3.63) is 59.1 Å². The second-order valence-corrected chi connectivity index (χ2v) is 5.21. The average molecular weight is 320 g/mol. The number of hydrogen-bond acceptors (Lipinski definition) is 3. The lowest BCUT2D eigenvalue weighted by atomic mass is 10.0. The van der Waals surface area contributed by atoms with E-state index in [9.17, 15) is 4.79 Å². The molecule has 0 saturated carbocycles. The summed E-state index contributed by atoms with van der Waals surface area (Å²) in [6.07, 6.45) is 0. The fourth-order valence-corrected chi connectivity index (χ4v) is 2.42. The zero-order valence-corrected chi connectivity index (χ0v) is 12.8. The quantitative estimate of drug-likeness (QED) is 0.859. The van der Waals surface area contributed by atoms with Gasteiger partial charge in [-0.15, -0.1) is 0 Å². The Morgan fingerprint density at radius 3 is 2.18 bits per heavy atom. The van der Waals surface area contributed by atoms with E-state index in [1.807, 2.05) is 36.4 Å². The van der Waals surface area contributed by atoms with Gasteiger partial charge in [0.15, 0.2) is 0 Å². The van der Waals surface area contributed by atoms with E-state index >= 15 is 0 Å². The molecule has 2 N–H and O–H groups in total. The van der Waals surface area contributed by atoms with Crippen molar-refractivity contribution in [2.24, 2.45) is 0 Å². The van der Waals surface area contributed by atoms with E-state index < -0.39 is 0 Å². The Balaban J connectivity index is 2.35. The van der Waals surface area contributed by atoms with Crippen molar-refractivity contribution in [3.63, 3.8) is 0 Å². The number of halogens is 1. The number of rotatable bonds is 6. The SMILES string of the molecule is O=C(c1cc(-c2ccccc2)ccc1Cl)N(CCO)CCO. The van der Waals surface area contributed by atoms with Crippen molar-refractivity contribution in [2.75, 3.05) is 26.3 Å². The fourth-order valence-electron chi connectivity index (χ4n) is 2.23. The van der Waals surface area contributed by atoms with E-state index in [0.29, 0.717) is 10.6 Å². The molecular formula is C17H18ClNO3. The van der Waals surface area contributed by atoms with Crippen LogP contribution in [0.2, 0.25) is 5.02 Å². The molecule has 4 nitrogen and oxygen atoms in total. The van der Waals surface area contributed by atoms with E-state index in [0.717, 1.165) is 11.1 Å². The molecule has 22 heavy (non-hydrogen) atoms. The summed E-state index contributed by atoms with van der Waals surface area (Å²) in [6, 6.07) is 15.0. The summed E-state index contributed by atoms with van der Waals surface area (Å²) in [6.45, 7) is -0.0138. The summed E-state index contributed by atoms with van der Waals surface area (Å²) in [5.74, 6) is -0.300. The maximum Gasteiger partial charge on any atom is 0.255 e. The number of nitrogens with zero attached hydrogens (tertiary/aromatic N) is 1. The lowest BCUT2D eigenvalue weighted by molar-refractivity contribution is 0.0685. The lowest BCUT2D eigenvalue weighted by Gasteiger charge is -2.21. The van der Waals surface area contributed by atoms with Crippen molar-refractivity contribution in [2.45, 2.75) is 0 Å². The van der Waals surface area contributed by atoms with Gasteiger partial charge in [0.05, 0.1) is 23.8 Å². The van der Waals surface area contributed by atoms with E-state index in [-0.39, 0.29) is 32.2 Å². The number of carbonyl (C=O) groups is 1. The van der Waals surface area contributed by atoms with Crippen molar-refractivity contribution in [3.8, 4) is 11.1 Å². The zero-order valence-electron chi connectivity index (χ0n) is 12.1. The minimum atomic E-state index is -0.300. The summed E-state index contributed by atoms with van der Waals surface area (Å²) in [4.78, 5) is 13.9. The van der Waals surface area contributed by atoms with Crippen LogP contribution in [0.15, 0.2) is 48.5 Å². The zero-order chi connectivity index (χ0) is 15.9. The third-order valence-corrected chi connectivity index (χ3v) is 3.66. The van der Waals surface area contributed by atoms with Crippen LogP contribution in [-0.2, 0) is 0 Å². The first-order chi connectivity index (χ1) is 10.7. The predicted octanol–water partition coefficient (Wildman–Crippen LogP) is 2.43. The molecule has 2 aromatic carbocycles. The molecule has 0 aliphatic rings. The first-order valence-electron chi connectivity index (χ1n) is 7.03. The average Bonchev–Trinajstić information content (AvgIpc) is 2.55. The molecule has 0 radical (unpaired) electrons. The molecule has 0 bridgehead atoms. The highest BCUT2D eigenvalue weighted by atomic mass is 35.5. The highest BCUT2D eigenvalue weighted by Gasteiger charge is 2.18. The maximum atomic E-state index is 12.5. The van der Waals surface area contributed by atoms with E-state index in [4.69, 9.17) is 21.8 Å². The molecule has 1 amide bonds. The maximum absolute atomic E-state index is 12.5. The Bertz CT molecular complexity index is 625. The standard InChI is InChI=1S/C17H18ClNO3/c18-16-7-6-14(13-4-2-1-3-5-13)12-15(16)17(22)19(8-10-20)9-11-21/h1-7,12,20-21H,8-11H2. The highest BCUT2D eigenvalue weighted by molar-refractivity contribution is 6.34. The summed E-state index contributed by atoms with van der Waals surface area (Å²) >= 11 is 6.15. The largest absolute Gasteiger partial charge is 0.395 e. The lowest BCUT2D eigenvalue weighted by Crippen LogP contribution is -2.36. The third kappa shape index (κ3) is 3.85. The number of hydrogen-bond donors (Lipinski definition) is 2. The molecule has 5 heteroatoms. The van der Waals surface area contributed by atoms with Crippen molar-refractivity contribution >= 4 is 17.5 Å². The minimum absolute atomic E-state index is 0.158. The molecule has 116 valence electrons. The topological polar surface area (TPSA) is 60.8 Å². The third-order valence-electron chi connectivity index (χ3n) is 3.33. The van der Waals surface area contributed by atoms with E-state index in [2.05, 4.69) is 0 Å². The number of benzene rings is 2. The van der Waals surface area contributed by atoms with Crippen LogP contribution in [0, 0.1) is 0 Å². The monoisotopic (exact) mass is 319 g/mol. The Hall–Kier alpha value is -1.88. The number of aliphatic hydroxyl groups excluding tert-OH is 2. The van der Waals surface area contributed by atoms with Crippen LogP contribution in [0.4, 0.5) is 0 Å². The second kappa shape index (κ2) is 7.94. The Labute approximate surface area is 134 Å². The minimum Gasteiger partial charge on any atom is -0.395 e. The summed E-state index contributed by atoms with van der Waals surface area (Å²) in [5, 5.41) is 18.5. The number of aliphatic hydroxyl groups is 2. The van der Waals surface area contributed by atoms with Crippen LogP contribution < -0.4 is 0 Å². The van der Waals surface area contributed by atoms with Gasteiger partial charge in [0.2, 0.25) is 0 Å². The van der Waals surface area contributed by atoms with Gasteiger partial charge in [-0.25, -0.2) is 0 Å². The summed E-state index contributed by atoms with van der Waals surface area (Å²) in [5.41, 5.74) is 2.25. The molecule has 0 aliphatic heterocycles. The normalized spacial score (nSPS) is 10.5. The molecule has 2 aromatic rings. The molecule has 0 unspecified atom stereocenters. The van der Waals surface area contributed by atoms with Gasteiger partial charge in [-0.05, 0) is 23.3 Å². The Kier molecular flexibility index (Phi) is 5.95. The number of amides is 1. The van der Waals surface area contributed by atoms with Crippen LogP contribution in [0.25, 0.3) is 11.1 Å². The molecule has 0 atom stereocenters. The fraction of sp³-hybridized carbons (Fsp3) is 0.235. The highest BCUT2D eigenvalue weighted by Crippen LogP contribution is 2.26. The smallest absolute Gasteiger partial charge is 0.255 e. The molecule has 0 aromatic heterocycles. The molecule has 0 spiro atoms. The molecule has 0 aliphatic carbocycles. The van der Waals surface area contributed by atoms with Gasteiger partial charge in [0.25, 0.3) is 5.91 Å². The molecule has 0 heterocycles. The van der Waals surface area contributed by atoms with Gasteiger partial charge in [0.1, 0.15) is 0 Å². The summed E-state index contributed by atoms with van der Waals surface area (Å²) < 4.78 is 0. The van der Waals surface area contributed by atoms with Gasteiger partial charge in [0, 0.05) is 13.1 Å². The molecular weight excluding hydrogens is 302 g/mol. The first kappa shape index (κ1) is 16.5. The van der Waals surface area contributed by atoms with E-state index in [1.54, 1.807) is 12.1 Å². The second-order valence-electron chi connectivity index (χ2n) is 4.80. The first-order valence-corrected chi connectivity index (χ1v) is 7.41. The van der Waals surface area contributed by atoms with Crippen molar-refractivity contribution in [1.82, 2.24) is 4.90 Å². The van der Waals surface area contributed by atoms with Gasteiger partial charge in [-0.1, -0.05) is 48.0 Å². The number of carbonyl (C=O) groups excluding carboxylic acids is 1. The van der Waals surface area contributed by atoms with Crippen LogP contribution in [0.1, 0.15) is 10.4 Å². The van der Waals surface area contributed by atoms with Gasteiger partial charge in [-0.3, -0.25) is 4.79 Å². The molecule has 0 fully saturated rings. The van der Waals surface area contributed by atoms with Gasteiger partial charge < -0.3 is 15.1 Å². The predicted molar refractivity (Wildman–Crippen MR) is 87.0 cm³/mol. The summed E-state index contributed by atoms with van der Waals surface area (Å²) in [7, 11) is 0. The Morgan fingerprint density at radius 1 is 0.955 bits per heavy atom.